The molecule has 15 heavy (non-hydrogen) atoms. The fraction of sp³-hybridized carbons (Fsp3) is 0.500. The molecule has 1 heterocycles. The Morgan fingerprint density at radius 2 is 2.27 bits per heavy atom. The van der Waals surface area contributed by atoms with Crippen LogP contribution in [0, 0.1) is 11.3 Å². The van der Waals surface area contributed by atoms with Gasteiger partial charge in [0.2, 0.25) is 0 Å². The lowest BCUT2D eigenvalue weighted by Crippen LogP contribution is -2.00. The molecule has 3 nitrogen and oxygen atoms in total. The first-order valence-corrected chi connectivity index (χ1v) is 5.21. The summed E-state index contributed by atoms with van der Waals surface area (Å²) in [5.74, 6) is 0.918. The zero-order chi connectivity index (χ0) is 11.3. The summed E-state index contributed by atoms with van der Waals surface area (Å²) in [6.45, 7) is 6.76. The van der Waals surface area contributed by atoms with Crippen LogP contribution < -0.4 is 4.74 Å². The molecule has 80 valence electrons. The molecule has 0 N–H and O–H groups in total. The Morgan fingerprint density at radius 1 is 1.53 bits per heavy atom. The first-order chi connectivity index (χ1) is 7.19. The summed E-state index contributed by atoms with van der Waals surface area (Å²) < 4.78 is 5.43. The van der Waals surface area contributed by atoms with Crippen LogP contribution in [-0.4, -0.2) is 11.6 Å². The SMILES string of the molecule is CCCOc1cnc(C(C)C)cc1C#N. The molecular formula is C12H16N2O. The van der Waals surface area contributed by atoms with Crippen LogP contribution in [0.25, 0.3) is 0 Å². The van der Waals surface area contributed by atoms with Crippen molar-refractivity contribution in [3.05, 3.63) is 23.5 Å². The van der Waals surface area contributed by atoms with Gasteiger partial charge < -0.3 is 4.74 Å². The molecule has 0 atom stereocenters. The van der Waals surface area contributed by atoms with Crippen LogP contribution >= 0.6 is 0 Å². The van der Waals surface area contributed by atoms with Crippen molar-refractivity contribution in [2.24, 2.45) is 0 Å². The summed E-state index contributed by atoms with van der Waals surface area (Å²) in [4.78, 5) is 4.26. The van der Waals surface area contributed by atoms with E-state index >= 15 is 0 Å². The Hall–Kier alpha value is -1.56. The Labute approximate surface area is 90.7 Å². The second-order valence-electron chi connectivity index (χ2n) is 3.72. The Kier molecular flexibility index (Phi) is 4.11. The van der Waals surface area contributed by atoms with E-state index in [-0.39, 0.29) is 0 Å². The highest BCUT2D eigenvalue weighted by Crippen LogP contribution is 2.21. The van der Waals surface area contributed by atoms with Gasteiger partial charge in [-0.05, 0) is 18.4 Å². The second kappa shape index (κ2) is 5.35. The fourth-order valence-corrected chi connectivity index (χ4v) is 1.19. The minimum absolute atomic E-state index is 0.331. The van der Waals surface area contributed by atoms with Gasteiger partial charge in [-0.25, -0.2) is 0 Å². The molecule has 0 aliphatic heterocycles. The van der Waals surface area contributed by atoms with E-state index in [1.807, 2.05) is 6.92 Å². The van der Waals surface area contributed by atoms with E-state index in [2.05, 4.69) is 24.9 Å². The van der Waals surface area contributed by atoms with Crippen LogP contribution in [0.5, 0.6) is 5.75 Å². The third kappa shape index (κ3) is 2.95. The maximum atomic E-state index is 8.97. The minimum Gasteiger partial charge on any atom is -0.491 e. The topological polar surface area (TPSA) is 45.9 Å². The van der Waals surface area contributed by atoms with E-state index in [0.29, 0.717) is 23.8 Å². The Morgan fingerprint density at radius 3 is 2.80 bits per heavy atom. The predicted octanol–water partition coefficient (Wildman–Crippen LogP) is 2.87. The minimum atomic E-state index is 0.331. The molecule has 0 fully saturated rings. The van der Waals surface area contributed by atoms with Gasteiger partial charge in [0.1, 0.15) is 6.07 Å². The lowest BCUT2D eigenvalue weighted by molar-refractivity contribution is 0.315. The quantitative estimate of drug-likeness (QED) is 0.757. The van der Waals surface area contributed by atoms with Gasteiger partial charge in [0, 0.05) is 5.69 Å². The van der Waals surface area contributed by atoms with Gasteiger partial charge in [-0.3, -0.25) is 4.98 Å². The standard InChI is InChI=1S/C12H16N2O/c1-4-5-15-12-8-14-11(9(2)3)6-10(12)7-13/h6,8-9H,4-5H2,1-3H3. The zero-order valence-electron chi connectivity index (χ0n) is 9.45. The van der Waals surface area contributed by atoms with E-state index in [0.717, 1.165) is 12.1 Å². The maximum Gasteiger partial charge on any atom is 0.155 e. The van der Waals surface area contributed by atoms with Gasteiger partial charge in [0.25, 0.3) is 0 Å². The highest BCUT2D eigenvalue weighted by Gasteiger charge is 2.07. The van der Waals surface area contributed by atoms with Crippen LogP contribution in [0.2, 0.25) is 0 Å². The van der Waals surface area contributed by atoms with Gasteiger partial charge in [0.05, 0.1) is 18.4 Å². The van der Waals surface area contributed by atoms with E-state index in [9.17, 15) is 0 Å². The molecule has 0 aromatic carbocycles. The number of hydrogen-bond acceptors (Lipinski definition) is 3. The van der Waals surface area contributed by atoms with Crippen LogP contribution in [0.3, 0.4) is 0 Å². The Balaban J connectivity index is 2.95. The number of aromatic nitrogens is 1. The Bertz CT molecular complexity index is 366. The van der Waals surface area contributed by atoms with Gasteiger partial charge in [-0.1, -0.05) is 20.8 Å². The van der Waals surface area contributed by atoms with Gasteiger partial charge in [-0.2, -0.15) is 5.26 Å². The molecule has 0 saturated carbocycles. The van der Waals surface area contributed by atoms with Crippen LogP contribution in [0.15, 0.2) is 12.3 Å². The number of ether oxygens (including phenoxy) is 1. The molecular weight excluding hydrogens is 188 g/mol. The lowest BCUT2D eigenvalue weighted by atomic mass is 10.1. The molecule has 0 saturated heterocycles. The van der Waals surface area contributed by atoms with Crippen LogP contribution in [-0.2, 0) is 0 Å². The fourth-order valence-electron chi connectivity index (χ4n) is 1.19. The van der Waals surface area contributed by atoms with Gasteiger partial charge >= 0.3 is 0 Å². The summed E-state index contributed by atoms with van der Waals surface area (Å²) in [6.07, 6.45) is 2.57. The highest BCUT2D eigenvalue weighted by molar-refractivity contribution is 5.42. The molecule has 1 aromatic rings. The van der Waals surface area contributed by atoms with Crippen molar-refractivity contribution in [1.82, 2.24) is 4.98 Å². The molecule has 0 unspecified atom stereocenters. The molecule has 0 bridgehead atoms. The van der Waals surface area contributed by atoms with E-state index < -0.39 is 0 Å². The molecule has 1 rings (SSSR count). The predicted molar refractivity (Wildman–Crippen MR) is 58.8 cm³/mol. The second-order valence-corrected chi connectivity index (χ2v) is 3.72. The number of nitriles is 1. The van der Waals surface area contributed by atoms with Gasteiger partial charge in [-0.15, -0.1) is 0 Å². The van der Waals surface area contributed by atoms with Gasteiger partial charge in [0.15, 0.2) is 5.75 Å². The summed E-state index contributed by atoms with van der Waals surface area (Å²) in [7, 11) is 0. The van der Waals surface area contributed by atoms with Crippen molar-refractivity contribution in [3.63, 3.8) is 0 Å². The van der Waals surface area contributed by atoms with E-state index in [1.54, 1.807) is 12.3 Å². The molecule has 3 heteroatoms. The van der Waals surface area contributed by atoms with E-state index in [1.165, 1.54) is 0 Å². The zero-order valence-corrected chi connectivity index (χ0v) is 9.45. The third-order valence-corrected chi connectivity index (χ3v) is 2.06. The first kappa shape index (κ1) is 11.5. The van der Waals surface area contributed by atoms with Crippen molar-refractivity contribution in [3.8, 4) is 11.8 Å². The number of hydrogen-bond donors (Lipinski definition) is 0. The van der Waals surface area contributed by atoms with Crippen molar-refractivity contribution in [1.29, 1.82) is 5.26 Å². The first-order valence-electron chi connectivity index (χ1n) is 5.21. The van der Waals surface area contributed by atoms with Crippen molar-refractivity contribution < 1.29 is 4.74 Å². The van der Waals surface area contributed by atoms with E-state index in [4.69, 9.17) is 10.00 Å². The number of rotatable bonds is 4. The smallest absolute Gasteiger partial charge is 0.155 e. The van der Waals surface area contributed by atoms with Crippen molar-refractivity contribution in [2.45, 2.75) is 33.1 Å². The summed E-state index contributed by atoms with van der Waals surface area (Å²) in [6, 6.07) is 3.94. The highest BCUT2D eigenvalue weighted by atomic mass is 16.5. The molecule has 0 spiro atoms. The van der Waals surface area contributed by atoms with Crippen LogP contribution in [0.1, 0.15) is 44.4 Å². The number of nitrogens with zero attached hydrogens (tertiary/aromatic N) is 2. The lowest BCUT2D eigenvalue weighted by Gasteiger charge is -2.09. The van der Waals surface area contributed by atoms with Crippen molar-refractivity contribution >= 4 is 0 Å². The molecule has 0 radical (unpaired) electrons. The summed E-state index contributed by atoms with van der Waals surface area (Å²) in [5.41, 5.74) is 1.50. The third-order valence-electron chi connectivity index (χ3n) is 2.06. The average Bonchev–Trinajstić information content (AvgIpc) is 2.25. The van der Waals surface area contributed by atoms with Crippen LogP contribution in [0.4, 0.5) is 0 Å². The monoisotopic (exact) mass is 204 g/mol. The number of pyridine rings is 1. The van der Waals surface area contributed by atoms with Crippen molar-refractivity contribution in [2.75, 3.05) is 6.61 Å². The molecule has 0 aliphatic carbocycles. The maximum absolute atomic E-state index is 8.97. The molecule has 0 amide bonds. The normalized spacial score (nSPS) is 10.1. The molecule has 1 aromatic heterocycles. The average molecular weight is 204 g/mol. The summed E-state index contributed by atoms with van der Waals surface area (Å²) in [5, 5.41) is 8.97. The largest absolute Gasteiger partial charge is 0.491 e. The summed E-state index contributed by atoms with van der Waals surface area (Å²) >= 11 is 0. The molecule has 0 aliphatic rings.